The minimum atomic E-state index is 0.0187. The molecule has 1 heterocycles. The molecular formula is C18H17N3O. The van der Waals surface area contributed by atoms with Crippen molar-refractivity contribution in [3.05, 3.63) is 59.7 Å². The maximum absolute atomic E-state index is 12.6. The van der Waals surface area contributed by atoms with Gasteiger partial charge in [-0.3, -0.25) is 4.79 Å². The standard InChI is InChI=1S/C18H17N3O/c1-13-10-14-6-3-5-9-17(14)21(13)18(22)12-20-16-8-4-2-7-15(16)11-19/h2-9,13,20H,10,12H2,1H3. The molecule has 1 aliphatic heterocycles. The van der Waals surface area contributed by atoms with Crippen LogP contribution in [0.3, 0.4) is 0 Å². The summed E-state index contributed by atoms with van der Waals surface area (Å²) in [6.45, 7) is 2.23. The second-order valence-electron chi connectivity index (χ2n) is 5.46. The van der Waals surface area contributed by atoms with E-state index in [1.807, 2.05) is 41.3 Å². The Bertz CT molecular complexity index is 748. The van der Waals surface area contributed by atoms with Gasteiger partial charge in [-0.15, -0.1) is 0 Å². The minimum absolute atomic E-state index is 0.0187. The molecule has 0 saturated carbocycles. The molecule has 0 radical (unpaired) electrons. The third kappa shape index (κ3) is 2.53. The summed E-state index contributed by atoms with van der Waals surface area (Å²) in [5, 5.41) is 12.2. The number of rotatable bonds is 3. The zero-order valence-electron chi connectivity index (χ0n) is 12.4. The van der Waals surface area contributed by atoms with E-state index in [0.717, 1.165) is 12.1 Å². The normalized spacial score (nSPS) is 16.0. The van der Waals surface area contributed by atoms with E-state index in [0.29, 0.717) is 11.3 Å². The Balaban J connectivity index is 1.74. The molecule has 1 amide bonds. The number of benzene rings is 2. The second-order valence-corrected chi connectivity index (χ2v) is 5.46. The summed E-state index contributed by atoms with van der Waals surface area (Å²) in [4.78, 5) is 14.4. The SMILES string of the molecule is CC1Cc2ccccc2N1C(=O)CNc1ccccc1C#N. The molecule has 4 nitrogen and oxygen atoms in total. The average molecular weight is 291 g/mol. The zero-order chi connectivity index (χ0) is 15.5. The fraction of sp³-hybridized carbons (Fsp3) is 0.222. The number of fused-ring (bicyclic) bond motifs is 1. The first-order chi connectivity index (χ1) is 10.7. The highest BCUT2D eigenvalue weighted by Gasteiger charge is 2.30. The van der Waals surface area contributed by atoms with Crippen LogP contribution in [0.4, 0.5) is 11.4 Å². The Morgan fingerprint density at radius 1 is 1.27 bits per heavy atom. The molecule has 0 spiro atoms. The van der Waals surface area contributed by atoms with Crippen molar-refractivity contribution in [2.75, 3.05) is 16.8 Å². The van der Waals surface area contributed by atoms with Crippen LogP contribution in [-0.2, 0) is 11.2 Å². The smallest absolute Gasteiger partial charge is 0.246 e. The number of anilines is 2. The molecule has 22 heavy (non-hydrogen) atoms. The number of carbonyl (C=O) groups excluding carboxylic acids is 1. The van der Waals surface area contributed by atoms with Gasteiger partial charge in [0.2, 0.25) is 5.91 Å². The van der Waals surface area contributed by atoms with Crippen LogP contribution in [0.25, 0.3) is 0 Å². The van der Waals surface area contributed by atoms with Gasteiger partial charge in [-0.2, -0.15) is 5.26 Å². The van der Waals surface area contributed by atoms with E-state index in [4.69, 9.17) is 5.26 Å². The summed E-state index contributed by atoms with van der Waals surface area (Å²) < 4.78 is 0. The van der Waals surface area contributed by atoms with Gasteiger partial charge in [0.05, 0.1) is 17.8 Å². The van der Waals surface area contributed by atoms with Crippen molar-refractivity contribution in [1.82, 2.24) is 0 Å². The van der Waals surface area contributed by atoms with E-state index >= 15 is 0 Å². The van der Waals surface area contributed by atoms with Gasteiger partial charge in [0.25, 0.3) is 0 Å². The molecule has 110 valence electrons. The maximum Gasteiger partial charge on any atom is 0.246 e. The predicted molar refractivity (Wildman–Crippen MR) is 86.7 cm³/mol. The lowest BCUT2D eigenvalue weighted by Gasteiger charge is -2.23. The van der Waals surface area contributed by atoms with Crippen LogP contribution in [0.2, 0.25) is 0 Å². The van der Waals surface area contributed by atoms with Gasteiger partial charge in [-0.25, -0.2) is 0 Å². The monoisotopic (exact) mass is 291 g/mol. The number of para-hydroxylation sites is 2. The van der Waals surface area contributed by atoms with E-state index in [2.05, 4.69) is 24.4 Å². The Labute approximate surface area is 130 Å². The fourth-order valence-electron chi connectivity index (χ4n) is 2.94. The van der Waals surface area contributed by atoms with E-state index < -0.39 is 0 Å². The quantitative estimate of drug-likeness (QED) is 0.946. The molecule has 0 bridgehead atoms. The third-order valence-corrected chi connectivity index (χ3v) is 3.95. The third-order valence-electron chi connectivity index (χ3n) is 3.95. The van der Waals surface area contributed by atoms with Crippen molar-refractivity contribution in [3.8, 4) is 6.07 Å². The molecule has 0 aromatic heterocycles. The molecular weight excluding hydrogens is 274 g/mol. The van der Waals surface area contributed by atoms with Crippen LogP contribution in [0.15, 0.2) is 48.5 Å². The van der Waals surface area contributed by atoms with Gasteiger partial charge in [0.15, 0.2) is 0 Å². The van der Waals surface area contributed by atoms with Crippen molar-refractivity contribution >= 4 is 17.3 Å². The minimum Gasteiger partial charge on any atom is -0.375 e. The number of hydrogen-bond donors (Lipinski definition) is 1. The lowest BCUT2D eigenvalue weighted by molar-refractivity contribution is -0.117. The maximum atomic E-state index is 12.6. The average Bonchev–Trinajstić information content (AvgIpc) is 2.88. The lowest BCUT2D eigenvalue weighted by Crippen LogP contribution is -2.39. The summed E-state index contributed by atoms with van der Waals surface area (Å²) in [6, 6.07) is 17.5. The highest BCUT2D eigenvalue weighted by atomic mass is 16.2. The number of nitriles is 1. The Morgan fingerprint density at radius 2 is 2.00 bits per heavy atom. The Kier molecular flexibility index (Phi) is 3.80. The van der Waals surface area contributed by atoms with Crippen molar-refractivity contribution in [1.29, 1.82) is 5.26 Å². The fourth-order valence-corrected chi connectivity index (χ4v) is 2.94. The topological polar surface area (TPSA) is 56.1 Å². The van der Waals surface area contributed by atoms with E-state index in [-0.39, 0.29) is 18.5 Å². The van der Waals surface area contributed by atoms with Crippen molar-refractivity contribution in [2.45, 2.75) is 19.4 Å². The van der Waals surface area contributed by atoms with Gasteiger partial charge in [0, 0.05) is 11.7 Å². The second kappa shape index (κ2) is 5.90. The van der Waals surface area contributed by atoms with Gasteiger partial charge in [-0.05, 0) is 37.1 Å². The molecule has 0 aliphatic carbocycles. The van der Waals surface area contributed by atoms with Gasteiger partial charge in [-0.1, -0.05) is 30.3 Å². The zero-order valence-corrected chi connectivity index (χ0v) is 12.4. The largest absolute Gasteiger partial charge is 0.375 e. The first-order valence-corrected chi connectivity index (χ1v) is 7.33. The number of carbonyl (C=O) groups is 1. The van der Waals surface area contributed by atoms with Crippen LogP contribution < -0.4 is 10.2 Å². The Morgan fingerprint density at radius 3 is 2.82 bits per heavy atom. The number of nitrogens with zero attached hydrogens (tertiary/aromatic N) is 2. The number of hydrogen-bond acceptors (Lipinski definition) is 3. The van der Waals surface area contributed by atoms with Crippen LogP contribution in [0, 0.1) is 11.3 Å². The van der Waals surface area contributed by atoms with Crippen molar-refractivity contribution in [2.24, 2.45) is 0 Å². The summed E-state index contributed by atoms with van der Waals surface area (Å²) in [5.74, 6) is 0.0187. The summed E-state index contributed by atoms with van der Waals surface area (Å²) in [6.07, 6.45) is 0.886. The molecule has 2 aromatic rings. The van der Waals surface area contributed by atoms with Gasteiger partial charge < -0.3 is 10.2 Å². The molecule has 0 saturated heterocycles. The molecule has 0 fully saturated rings. The first kappa shape index (κ1) is 14.2. The van der Waals surface area contributed by atoms with E-state index in [1.54, 1.807) is 6.07 Å². The molecule has 2 aromatic carbocycles. The Hall–Kier alpha value is -2.80. The molecule has 1 N–H and O–H groups in total. The molecule has 3 rings (SSSR count). The van der Waals surface area contributed by atoms with Crippen LogP contribution in [0.5, 0.6) is 0 Å². The summed E-state index contributed by atoms with van der Waals surface area (Å²) in [5.41, 5.74) is 3.44. The predicted octanol–water partition coefficient (Wildman–Crippen LogP) is 2.95. The van der Waals surface area contributed by atoms with E-state index in [9.17, 15) is 4.79 Å². The van der Waals surface area contributed by atoms with Crippen LogP contribution in [-0.4, -0.2) is 18.5 Å². The van der Waals surface area contributed by atoms with Gasteiger partial charge in [0.1, 0.15) is 6.07 Å². The first-order valence-electron chi connectivity index (χ1n) is 7.33. The lowest BCUT2D eigenvalue weighted by atomic mass is 10.1. The number of nitrogens with one attached hydrogen (secondary N) is 1. The molecule has 4 heteroatoms. The van der Waals surface area contributed by atoms with E-state index in [1.165, 1.54) is 5.56 Å². The van der Waals surface area contributed by atoms with Crippen LogP contribution in [0.1, 0.15) is 18.1 Å². The van der Waals surface area contributed by atoms with Crippen LogP contribution >= 0.6 is 0 Å². The molecule has 1 unspecified atom stereocenters. The highest BCUT2D eigenvalue weighted by Crippen LogP contribution is 2.31. The summed E-state index contributed by atoms with van der Waals surface area (Å²) >= 11 is 0. The highest BCUT2D eigenvalue weighted by molar-refractivity contribution is 5.98. The molecule has 1 atom stereocenters. The number of amides is 1. The van der Waals surface area contributed by atoms with Gasteiger partial charge >= 0.3 is 0 Å². The molecule has 1 aliphatic rings. The van der Waals surface area contributed by atoms with Crippen molar-refractivity contribution in [3.63, 3.8) is 0 Å². The van der Waals surface area contributed by atoms with Crippen molar-refractivity contribution < 1.29 is 4.79 Å². The summed E-state index contributed by atoms with van der Waals surface area (Å²) in [7, 11) is 0.